The monoisotopic (exact) mass is 187 g/mol. The van der Waals surface area contributed by atoms with Gasteiger partial charge in [-0.05, 0) is 32.1 Å². The Morgan fingerprint density at radius 3 is 2.23 bits per heavy atom. The van der Waals surface area contributed by atoms with E-state index in [2.05, 4.69) is 33.0 Å². The van der Waals surface area contributed by atoms with Crippen LogP contribution in [0.25, 0.3) is 0 Å². The number of rotatable bonds is 7. The van der Waals surface area contributed by atoms with E-state index in [9.17, 15) is 0 Å². The summed E-state index contributed by atoms with van der Waals surface area (Å²) in [6, 6.07) is 1.15. The third-order valence-corrected chi connectivity index (χ3v) is 2.54. The highest BCUT2D eigenvalue weighted by Crippen LogP contribution is 2.08. The van der Waals surface area contributed by atoms with Gasteiger partial charge in [-0.1, -0.05) is 20.8 Å². The summed E-state index contributed by atoms with van der Waals surface area (Å²) in [4.78, 5) is 0. The highest BCUT2D eigenvalue weighted by molar-refractivity contribution is 4.72. The molecular formula is C11H25NO. The highest BCUT2D eigenvalue weighted by atomic mass is 16.2. The lowest BCUT2D eigenvalue weighted by molar-refractivity contribution is 0.267. The van der Waals surface area contributed by atoms with Gasteiger partial charge in [0.2, 0.25) is 0 Å². The number of hydrogen-bond acceptors (Lipinski definition) is 2. The third-order valence-electron chi connectivity index (χ3n) is 2.54. The molecule has 0 bridgehead atoms. The molecule has 0 aromatic heterocycles. The molecule has 2 atom stereocenters. The summed E-state index contributed by atoms with van der Waals surface area (Å²) in [7, 11) is 0. The molecule has 0 amide bonds. The molecule has 0 aliphatic heterocycles. The van der Waals surface area contributed by atoms with Gasteiger partial charge in [0.05, 0.1) is 0 Å². The third kappa shape index (κ3) is 6.05. The van der Waals surface area contributed by atoms with Crippen LogP contribution in [-0.4, -0.2) is 23.8 Å². The van der Waals surface area contributed by atoms with E-state index < -0.39 is 0 Å². The maximum atomic E-state index is 8.69. The molecule has 0 aliphatic carbocycles. The van der Waals surface area contributed by atoms with Crippen LogP contribution in [0, 0.1) is 5.92 Å². The maximum Gasteiger partial charge on any atom is 0.0431 e. The minimum atomic E-state index is 0.310. The van der Waals surface area contributed by atoms with Crippen molar-refractivity contribution in [3.8, 4) is 0 Å². The van der Waals surface area contributed by atoms with E-state index in [0.29, 0.717) is 24.6 Å². The molecular weight excluding hydrogens is 162 g/mol. The van der Waals surface area contributed by atoms with Crippen LogP contribution in [0.4, 0.5) is 0 Å². The molecule has 0 rings (SSSR count). The van der Waals surface area contributed by atoms with Crippen molar-refractivity contribution in [2.75, 3.05) is 6.61 Å². The quantitative estimate of drug-likeness (QED) is 0.640. The van der Waals surface area contributed by atoms with Crippen molar-refractivity contribution in [2.24, 2.45) is 5.92 Å². The SMILES string of the molecule is CCC(NC(C)CCCO)C(C)C. The van der Waals surface area contributed by atoms with Crippen LogP contribution in [0.15, 0.2) is 0 Å². The first-order chi connectivity index (χ1) is 6.11. The Balaban J connectivity index is 3.66. The van der Waals surface area contributed by atoms with Crippen molar-refractivity contribution >= 4 is 0 Å². The second-order valence-corrected chi connectivity index (χ2v) is 4.19. The standard InChI is InChI=1S/C11H25NO/c1-5-11(9(2)3)12-10(4)7-6-8-13/h9-13H,5-8H2,1-4H3. The fourth-order valence-corrected chi connectivity index (χ4v) is 1.63. The van der Waals surface area contributed by atoms with Gasteiger partial charge in [0.15, 0.2) is 0 Å². The van der Waals surface area contributed by atoms with Gasteiger partial charge in [-0.3, -0.25) is 0 Å². The average Bonchev–Trinajstić information content (AvgIpc) is 2.10. The van der Waals surface area contributed by atoms with Crippen molar-refractivity contribution < 1.29 is 5.11 Å². The molecule has 2 N–H and O–H groups in total. The van der Waals surface area contributed by atoms with Crippen molar-refractivity contribution in [2.45, 2.75) is 59.0 Å². The molecule has 0 fully saturated rings. The Kier molecular flexibility index (Phi) is 7.29. The van der Waals surface area contributed by atoms with Crippen LogP contribution in [0.1, 0.15) is 47.0 Å². The summed E-state index contributed by atoms with van der Waals surface area (Å²) in [6.07, 6.45) is 3.16. The van der Waals surface area contributed by atoms with Crippen molar-refractivity contribution in [1.82, 2.24) is 5.32 Å². The van der Waals surface area contributed by atoms with E-state index in [1.165, 1.54) is 6.42 Å². The van der Waals surface area contributed by atoms with Crippen molar-refractivity contribution in [3.05, 3.63) is 0 Å². The predicted octanol–water partition coefficient (Wildman–Crippen LogP) is 2.17. The van der Waals surface area contributed by atoms with Gasteiger partial charge >= 0.3 is 0 Å². The molecule has 2 unspecified atom stereocenters. The predicted molar refractivity (Wildman–Crippen MR) is 57.8 cm³/mol. The normalized spacial score (nSPS) is 16.2. The Bertz CT molecular complexity index is 115. The molecule has 2 heteroatoms. The van der Waals surface area contributed by atoms with Gasteiger partial charge < -0.3 is 10.4 Å². The second kappa shape index (κ2) is 7.34. The molecule has 0 aliphatic rings. The summed E-state index contributed by atoms with van der Waals surface area (Å²) in [5.41, 5.74) is 0. The Morgan fingerprint density at radius 2 is 1.85 bits per heavy atom. The maximum absolute atomic E-state index is 8.69. The van der Waals surface area contributed by atoms with E-state index in [1.807, 2.05) is 0 Å². The van der Waals surface area contributed by atoms with Gasteiger partial charge in [0, 0.05) is 18.7 Å². The highest BCUT2D eigenvalue weighted by Gasteiger charge is 2.12. The lowest BCUT2D eigenvalue weighted by atomic mass is 10.00. The van der Waals surface area contributed by atoms with Crippen LogP contribution < -0.4 is 5.32 Å². The molecule has 0 heterocycles. The van der Waals surface area contributed by atoms with Gasteiger partial charge in [-0.15, -0.1) is 0 Å². The summed E-state index contributed by atoms with van der Waals surface area (Å²) >= 11 is 0. The van der Waals surface area contributed by atoms with Gasteiger partial charge in [0.1, 0.15) is 0 Å². The first-order valence-electron chi connectivity index (χ1n) is 5.48. The molecule has 0 saturated heterocycles. The first-order valence-corrected chi connectivity index (χ1v) is 5.48. The Labute approximate surface area is 82.7 Å². The summed E-state index contributed by atoms with van der Waals surface area (Å²) in [6.45, 7) is 9.22. The molecule has 0 radical (unpaired) electrons. The fraction of sp³-hybridized carbons (Fsp3) is 1.00. The smallest absolute Gasteiger partial charge is 0.0431 e. The van der Waals surface area contributed by atoms with Crippen molar-refractivity contribution in [1.29, 1.82) is 0 Å². The minimum absolute atomic E-state index is 0.310. The number of aliphatic hydroxyl groups excluding tert-OH is 1. The Morgan fingerprint density at radius 1 is 1.23 bits per heavy atom. The molecule has 0 aromatic carbocycles. The van der Waals surface area contributed by atoms with Gasteiger partial charge in [-0.25, -0.2) is 0 Å². The van der Waals surface area contributed by atoms with Crippen LogP contribution in [0.2, 0.25) is 0 Å². The summed E-state index contributed by atoms with van der Waals surface area (Å²) in [5.74, 6) is 0.696. The van der Waals surface area contributed by atoms with Gasteiger partial charge in [-0.2, -0.15) is 0 Å². The molecule has 2 nitrogen and oxygen atoms in total. The fourth-order valence-electron chi connectivity index (χ4n) is 1.63. The van der Waals surface area contributed by atoms with E-state index in [1.54, 1.807) is 0 Å². The zero-order valence-electron chi connectivity index (χ0n) is 9.51. The van der Waals surface area contributed by atoms with E-state index in [0.717, 1.165) is 12.8 Å². The van der Waals surface area contributed by atoms with Crippen LogP contribution >= 0.6 is 0 Å². The number of aliphatic hydroxyl groups is 1. The number of hydrogen-bond donors (Lipinski definition) is 2. The first kappa shape index (κ1) is 12.9. The molecule has 0 aromatic rings. The van der Waals surface area contributed by atoms with E-state index >= 15 is 0 Å². The van der Waals surface area contributed by atoms with Crippen LogP contribution in [0.5, 0.6) is 0 Å². The molecule has 0 saturated carbocycles. The summed E-state index contributed by atoms with van der Waals surface area (Å²) < 4.78 is 0. The summed E-state index contributed by atoms with van der Waals surface area (Å²) in [5, 5.41) is 12.3. The number of nitrogens with one attached hydrogen (secondary N) is 1. The topological polar surface area (TPSA) is 32.3 Å². The lowest BCUT2D eigenvalue weighted by Crippen LogP contribution is -2.39. The van der Waals surface area contributed by atoms with E-state index in [-0.39, 0.29) is 0 Å². The molecule has 0 spiro atoms. The minimum Gasteiger partial charge on any atom is -0.396 e. The molecule has 80 valence electrons. The zero-order chi connectivity index (χ0) is 10.3. The van der Waals surface area contributed by atoms with E-state index in [4.69, 9.17) is 5.11 Å². The lowest BCUT2D eigenvalue weighted by Gasteiger charge is -2.25. The van der Waals surface area contributed by atoms with Crippen molar-refractivity contribution in [3.63, 3.8) is 0 Å². The average molecular weight is 187 g/mol. The Hall–Kier alpha value is -0.0800. The largest absolute Gasteiger partial charge is 0.396 e. The van der Waals surface area contributed by atoms with Crippen LogP contribution in [-0.2, 0) is 0 Å². The zero-order valence-corrected chi connectivity index (χ0v) is 9.51. The van der Waals surface area contributed by atoms with Gasteiger partial charge in [0.25, 0.3) is 0 Å². The second-order valence-electron chi connectivity index (χ2n) is 4.19. The molecule has 13 heavy (non-hydrogen) atoms. The van der Waals surface area contributed by atoms with Crippen LogP contribution in [0.3, 0.4) is 0 Å².